The molecule has 1 saturated heterocycles. The minimum absolute atomic E-state index is 0.111. The van der Waals surface area contributed by atoms with Crippen LogP contribution in [0.1, 0.15) is 50.9 Å². The standard InChI is InChI=1S/C16H22N2O4/c1-15(2)9-13(10-16(3,4)17-15)22-14(19)11-6-5-7-12(8-11)18(20)21/h5-8,13,17H,9-10H2,1-4H3. The van der Waals surface area contributed by atoms with E-state index in [2.05, 4.69) is 33.0 Å². The third-order valence-corrected chi connectivity index (χ3v) is 3.72. The van der Waals surface area contributed by atoms with Crippen LogP contribution in [0.5, 0.6) is 0 Å². The Bertz CT molecular complexity index is 580. The molecule has 1 aliphatic rings. The van der Waals surface area contributed by atoms with Crippen molar-refractivity contribution in [3.05, 3.63) is 39.9 Å². The van der Waals surface area contributed by atoms with Crippen LogP contribution < -0.4 is 5.32 Å². The highest BCUT2D eigenvalue weighted by Crippen LogP contribution is 2.31. The molecule has 1 aromatic rings. The van der Waals surface area contributed by atoms with Gasteiger partial charge in [0.25, 0.3) is 5.69 Å². The van der Waals surface area contributed by atoms with Gasteiger partial charge in [-0.05, 0) is 33.8 Å². The van der Waals surface area contributed by atoms with Crippen LogP contribution in [-0.2, 0) is 4.74 Å². The average Bonchev–Trinajstić information content (AvgIpc) is 2.34. The molecule has 0 amide bonds. The van der Waals surface area contributed by atoms with Gasteiger partial charge in [0, 0.05) is 36.1 Å². The summed E-state index contributed by atoms with van der Waals surface area (Å²) < 4.78 is 5.58. The van der Waals surface area contributed by atoms with Gasteiger partial charge < -0.3 is 10.1 Å². The summed E-state index contributed by atoms with van der Waals surface area (Å²) in [5, 5.41) is 14.3. The SMILES string of the molecule is CC1(C)CC(OC(=O)c2cccc([N+](=O)[O-])c2)CC(C)(C)N1. The Morgan fingerprint density at radius 3 is 2.41 bits per heavy atom. The molecule has 22 heavy (non-hydrogen) atoms. The molecule has 0 radical (unpaired) electrons. The minimum atomic E-state index is -0.520. The number of ether oxygens (including phenoxy) is 1. The Balaban J connectivity index is 2.11. The number of nitrogens with one attached hydrogen (secondary N) is 1. The van der Waals surface area contributed by atoms with E-state index in [1.807, 2.05) is 0 Å². The molecule has 1 fully saturated rings. The van der Waals surface area contributed by atoms with Crippen LogP contribution in [0.3, 0.4) is 0 Å². The highest BCUT2D eigenvalue weighted by Gasteiger charge is 2.39. The molecule has 0 aromatic heterocycles. The van der Waals surface area contributed by atoms with Crippen LogP contribution in [0.4, 0.5) is 5.69 Å². The van der Waals surface area contributed by atoms with Crippen LogP contribution in [0.15, 0.2) is 24.3 Å². The molecule has 6 nitrogen and oxygen atoms in total. The number of esters is 1. The number of nitrogens with zero attached hydrogens (tertiary/aromatic N) is 1. The molecule has 0 aliphatic carbocycles. The highest BCUT2D eigenvalue weighted by molar-refractivity contribution is 5.90. The maximum Gasteiger partial charge on any atom is 0.338 e. The summed E-state index contributed by atoms with van der Waals surface area (Å²) in [4.78, 5) is 22.5. The predicted molar refractivity (Wildman–Crippen MR) is 82.8 cm³/mol. The predicted octanol–water partition coefficient (Wildman–Crippen LogP) is 3.06. The zero-order valence-electron chi connectivity index (χ0n) is 13.4. The first kappa shape index (κ1) is 16.4. The van der Waals surface area contributed by atoms with Crippen molar-refractivity contribution >= 4 is 11.7 Å². The third-order valence-electron chi connectivity index (χ3n) is 3.72. The Labute approximate surface area is 130 Å². The fourth-order valence-corrected chi connectivity index (χ4v) is 3.28. The molecule has 1 aromatic carbocycles. The van der Waals surface area contributed by atoms with Crippen molar-refractivity contribution in [1.82, 2.24) is 5.32 Å². The van der Waals surface area contributed by atoms with Crippen LogP contribution >= 0.6 is 0 Å². The van der Waals surface area contributed by atoms with E-state index in [4.69, 9.17) is 4.74 Å². The molecule has 2 rings (SSSR count). The maximum absolute atomic E-state index is 12.2. The second-order valence-electron chi connectivity index (χ2n) is 7.14. The van der Waals surface area contributed by atoms with E-state index in [1.54, 1.807) is 0 Å². The first-order valence-electron chi connectivity index (χ1n) is 7.33. The number of non-ortho nitro benzene ring substituents is 1. The molecule has 0 atom stereocenters. The lowest BCUT2D eigenvalue weighted by Crippen LogP contribution is -2.59. The number of hydrogen-bond acceptors (Lipinski definition) is 5. The Hall–Kier alpha value is -1.95. The normalized spacial score (nSPS) is 20.4. The molecule has 0 bridgehead atoms. The molecule has 120 valence electrons. The van der Waals surface area contributed by atoms with Crippen LogP contribution in [0.2, 0.25) is 0 Å². The molecule has 1 N–H and O–H groups in total. The molecule has 0 spiro atoms. The van der Waals surface area contributed by atoms with Crippen molar-refractivity contribution in [2.24, 2.45) is 0 Å². The van der Waals surface area contributed by atoms with Gasteiger partial charge in [0.1, 0.15) is 6.10 Å². The zero-order chi connectivity index (χ0) is 16.5. The van der Waals surface area contributed by atoms with Crippen molar-refractivity contribution < 1.29 is 14.5 Å². The number of benzene rings is 1. The van der Waals surface area contributed by atoms with Gasteiger partial charge in [0.2, 0.25) is 0 Å². The fourth-order valence-electron chi connectivity index (χ4n) is 3.28. The zero-order valence-corrected chi connectivity index (χ0v) is 13.4. The average molecular weight is 306 g/mol. The number of hydrogen-bond donors (Lipinski definition) is 1. The quantitative estimate of drug-likeness (QED) is 0.527. The summed E-state index contributed by atoms with van der Waals surface area (Å²) in [6, 6.07) is 5.63. The summed E-state index contributed by atoms with van der Waals surface area (Å²) in [5.41, 5.74) is -0.158. The Kier molecular flexibility index (Phi) is 4.24. The lowest BCUT2D eigenvalue weighted by molar-refractivity contribution is -0.384. The molecular formula is C16H22N2O4. The summed E-state index contributed by atoms with van der Waals surface area (Å²) in [6.45, 7) is 8.29. The second-order valence-corrected chi connectivity index (χ2v) is 7.14. The largest absolute Gasteiger partial charge is 0.459 e. The third kappa shape index (κ3) is 4.04. The van der Waals surface area contributed by atoms with Gasteiger partial charge in [-0.2, -0.15) is 0 Å². The molecule has 6 heteroatoms. The van der Waals surface area contributed by atoms with Crippen LogP contribution in [-0.4, -0.2) is 28.1 Å². The first-order chi connectivity index (χ1) is 10.1. The number of rotatable bonds is 3. The molecule has 0 unspecified atom stereocenters. The topological polar surface area (TPSA) is 81.5 Å². The second kappa shape index (κ2) is 5.68. The van der Waals surface area contributed by atoms with Crippen molar-refractivity contribution in [2.45, 2.75) is 57.7 Å². The molecular weight excluding hydrogens is 284 g/mol. The lowest BCUT2D eigenvalue weighted by atomic mass is 9.81. The van der Waals surface area contributed by atoms with Gasteiger partial charge in [0.05, 0.1) is 10.5 Å². The van der Waals surface area contributed by atoms with Crippen molar-refractivity contribution in [3.8, 4) is 0 Å². The summed E-state index contributed by atoms with van der Waals surface area (Å²) in [7, 11) is 0. The molecule has 1 aliphatic heterocycles. The number of carbonyl (C=O) groups is 1. The van der Waals surface area contributed by atoms with E-state index in [0.717, 1.165) is 0 Å². The van der Waals surface area contributed by atoms with Gasteiger partial charge >= 0.3 is 5.97 Å². The van der Waals surface area contributed by atoms with Crippen LogP contribution in [0, 0.1) is 10.1 Å². The fraction of sp³-hybridized carbons (Fsp3) is 0.562. The maximum atomic E-state index is 12.2. The Morgan fingerprint density at radius 2 is 1.86 bits per heavy atom. The van der Waals surface area contributed by atoms with Crippen molar-refractivity contribution in [3.63, 3.8) is 0 Å². The first-order valence-corrected chi connectivity index (χ1v) is 7.33. The summed E-state index contributed by atoms with van der Waals surface area (Å²) in [5.74, 6) is -0.512. The van der Waals surface area contributed by atoms with E-state index in [-0.39, 0.29) is 28.4 Å². The smallest absolute Gasteiger partial charge is 0.338 e. The van der Waals surface area contributed by atoms with E-state index >= 15 is 0 Å². The number of nitro groups is 1. The molecule has 1 heterocycles. The number of piperidine rings is 1. The van der Waals surface area contributed by atoms with Gasteiger partial charge in [-0.25, -0.2) is 4.79 Å². The summed E-state index contributed by atoms with van der Waals surface area (Å²) >= 11 is 0. The minimum Gasteiger partial charge on any atom is -0.459 e. The van der Waals surface area contributed by atoms with E-state index in [0.29, 0.717) is 12.8 Å². The Morgan fingerprint density at radius 1 is 1.27 bits per heavy atom. The lowest BCUT2D eigenvalue weighted by Gasteiger charge is -2.45. The van der Waals surface area contributed by atoms with E-state index in [1.165, 1.54) is 24.3 Å². The van der Waals surface area contributed by atoms with Gasteiger partial charge in [-0.1, -0.05) is 6.07 Å². The number of carbonyl (C=O) groups excluding carboxylic acids is 1. The van der Waals surface area contributed by atoms with E-state index < -0.39 is 10.9 Å². The highest BCUT2D eigenvalue weighted by atomic mass is 16.6. The summed E-state index contributed by atoms with van der Waals surface area (Å²) in [6.07, 6.45) is 1.20. The van der Waals surface area contributed by atoms with Crippen LogP contribution in [0.25, 0.3) is 0 Å². The number of nitro benzene ring substituents is 1. The van der Waals surface area contributed by atoms with Crippen molar-refractivity contribution in [1.29, 1.82) is 0 Å². The van der Waals surface area contributed by atoms with Gasteiger partial charge in [0.15, 0.2) is 0 Å². The van der Waals surface area contributed by atoms with Gasteiger partial charge in [-0.3, -0.25) is 10.1 Å². The molecule has 0 saturated carbocycles. The monoisotopic (exact) mass is 306 g/mol. The van der Waals surface area contributed by atoms with Gasteiger partial charge in [-0.15, -0.1) is 0 Å². The van der Waals surface area contributed by atoms with Crippen molar-refractivity contribution in [2.75, 3.05) is 0 Å². The van der Waals surface area contributed by atoms with E-state index in [9.17, 15) is 14.9 Å².